The summed E-state index contributed by atoms with van der Waals surface area (Å²) in [5, 5.41) is 3.39. The summed E-state index contributed by atoms with van der Waals surface area (Å²) in [6, 6.07) is 15.5. The number of ether oxygens (including phenoxy) is 1. The fraction of sp³-hybridized carbons (Fsp3) is 0.235. The van der Waals surface area contributed by atoms with E-state index in [1.54, 1.807) is 6.07 Å². The molecule has 4 heteroatoms. The van der Waals surface area contributed by atoms with Gasteiger partial charge in [0.15, 0.2) is 0 Å². The van der Waals surface area contributed by atoms with Gasteiger partial charge in [0, 0.05) is 16.2 Å². The molecule has 0 fully saturated rings. The fourth-order valence-electron chi connectivity index (χ4n) is 2.14. The first-order chi connectivity index (χ1) is 10.1. The Morgan fingerprint density at radius 2 is 1.86 bits per heavy atom. The molecule has 2 rings (SSSR count). The lowest BCUT2D eigenvalue weighted by molar-refractivity contribution is 0.0524. The van der Waals surface area contributed by atoms with Crippen LogP contribution in [0, 0.1) is 0 Å². The smallest absolute Gasteiger partial charge is 0.338 e. The molecule has 110 valence electrons. The average molecular weight is 348 g/mol. The van der Waals surface area contributed by atoms with Crippen LogP contribution in [-0.4, -0.2) is 12.6 Å². The Morgan fingerprint density at radius 3 is 2.52 bits per heavy atom. The van der Waals surface area contributed by atoms with Gasteiger partial charge in [-0.15, -0.1) is 0 Å². The molecule has 2 aromatic carbocycles. The molecule has 21 heavy (non-hydrogen) atoms. The second-order valence-corrected chi connectivity index (χ2v) is 5.60. The van der Waals surface area contributed by atoms with Crippen molar-refractivity contribution in [1.29, 1.82) is 0 Å². The number of rotatable bonds is 5. The van der Waals surface area contributed by atoms with Gasteiger partial charge >= 0.3 is 5.97 Å². The lowest BCUT2D eigenvalue weighted by atomic mass is 10.0. The van der Waals surface area contributed by atoms with Crippen molar-refractivity contribution in [2.24, 2.45) is 0 Å². The van der Waals surface area contributed by atoms with Gasteiger partial charge in [-0.25, -0.2) is 4.79 Å². The molecule has 2 aromatic rings. The van der Waals surface area contributed by atoms with E-state index in [0.29, 0.717) is 12.2 Å². The number of carbonyl (C=O) groups excluding carboxylic acids is 1. The highest BCUT2D eigenvalue weighted by Gasteiger charge is 2.16. The lowest BCUT2D eigenvalue weighted by Crippen LogP contribution is -2.14. The van der Waals surface area contributed by atoms with Crippen LogP contribution in [0.25, 0.3) is 0 Å². The predicted octanol–water partition coefficient (Wildman–Crippen LogP) is 4.80. The van der Waals surface area contributed by atoms with Crippen LogP contribution in [0.3, 0.4) is 0 Å². The molecule has 0 aliphatic heterocycles. The fourth-order valence-corrected chi connectivity index (χ4v) is 2.41. The molecule has 3 nitrogen and oxygen atoms in total. The van der Waals surface area contributed by atoms with Gasteiger partial charge in [0.1, 0.15) is 0 Å². The molecule has 0 bridgehead atoms. The zero-order valence-corrected chi connectivity index (χ0v) is 13.7. The van der Waals surface area contributed by atoms with E-state index >= 15 is 0 Å². The monoisotopic (exact) mass is 347 g/mol. The number of hydrogen-bond donors (Lipinski definition) is 1. The SMILES string of the molecule is CCOC(=O)c1ccccc1C(C)Nc1ccc(Br)cc1. The normalized spacial score (nSPS) is 11.8. The Kier molecular flexibility index (Phi) is 5.39. The first-order valence-corrected chi connectivity index (χ1v) is 7.69. The van der Waals surface area contributed by atoms with Crippen LogP contribution in [0.15, 0.2) is 53.0 Å². The van der Waals surface area contributed by atoms with E-state index in [-0.39, 0.29) is 12.0 Å². The summed E-state index contributed by atoms with van der Waals surface area (Å²) in [7, 11) is 0. The molecule has 1 N–H and O–H groups in total. The maximum absolute atomic E-state index is 12.0. The maximum atomic E-state index is 12.0. The van der Waals surface area contributed by atoms with E-state index in [9.17, 15) is 4.79 Å². The van der Waals surface area contributed by atoms with Gasteiger partial charge in [-0.1, -0.05) is 34.1 Å². The van der Waals surface area contributed by atoms with E-state index in [2.05, 4.69) is 21.2 Å². The van der Waals surface area contributed by atoms with Crippen molar-refractivity contribution in [3.05, 3.63) is 64.1 Å². The standard InChI is InChI=1S/C17H18BrNO2/c1-3-21-17(20)16-7-5-4-6-15(16)12(2)19-14-10-8-13(18)9-11-14/h4-12,19H,3H2,1-2H3. The minimum absolute atomic E-state index is 0.00628. The Balaban J connectivity index is 2.20. The number of hydrogen-bond acceptors (Lipinski definition) is 3. The Hall–Kier alpha value is -1.81. The summed E-state index contributed by atoms with van der Waals surface area (Å²) in [6.45, 7) is 4.21. The number of carbonyl (C=O) groups is 1. The zero-order chi connectivity index (χ0) is 15.2. The summed E-state index contributed by atoms with van der Waals surface area (Å²) in [5.74, 6) is -0.280. The van der Waals surface area contributed by atoms with Crippen molar-refractivity contribution in [3.63, 3.8) is 0 Å². The van der Waals surface area contributed by atoms with Crippen molar-refractivity contribution < 1.29 is 9.53 Å². The molecule has 0 radical (unpaired) electrons. The number of benzene rings is 2. The minimum Gasteiger partial charge on any atom is -0.462 e. The lowest BCUT2D eigenvalue weighted by Gasteiger charge is -2.18. The maximum Gasteiger partial charge on any atom is 0.338 e. The summed E-state index contributed by atoms with van der Waals surface area (Å²) in [6.07, 6.45) is 0. The molecule has 0 aromatic heterocycles. The molecular formula is C17H18BrNO2. The summed E-state index contributed by atoms with van der Waals surface area (Å²) in [5.41, 5.74) is 2.54. The number of esters is 1. The van der Waals surface area contributed by atoms with Crippen LogP contribution in [0.2, 0.25) is 0 Å². The predicted molar refractivity (Wildman–Crippen MR) is 88.6 cm³/mol. The summed E-state index contributed by atoms with van der Waals surface area (Å²) < 4.78 is 6.15. The molecule has 0 heterocycles. The van der Waals surface area contributed by atoms with Crippen molar-refractivity contribution in [3.8, 4) is 0 Å². The number of anilines is 1. The van der Waals surface area contributed by atoms with Crippen molar-refractivity contribution in [2.75, 3.05) is 11.9 Å². The molecule has 1 atom stereocenters. The van der Waals surface area contributed by atoms with E-state index < -0.39 is 0 Å². The van der Waals surface area contributed by atoms with E-state index in [1.807, 2.05) is 56.3 Å². The van der Waals surface area contributed by atoms with Crippen LogP contribution in [-0.2, 0) is 4.74 Å². The van der Waals surface area contributed by atoms with Gasteiger partial charge in [-0.2, -0.15) is 0 Å². The Morgan fingerprint density at radius 1 is 1.19 bits per heavy atom. The zero-order valence-electron chi connectivity index (χ0n) is 12.1. The van der Waals surface area contributed by atoms with Crippen LogP contribution in [0.5, 0.6) is 0 Å². The van der Waals surface area contributed by atoms with Crippen LogP contribution >= 0.6 is 15.9 Å². The molecule has 0 aliphatic rings. The second kappa shape index (κ2) is 7.27. The van der Waals surface area contributed by atoms with E-state index in [1.165, 1.54) is 0 Å². The van der Waals surface area contributed by atoms with E-state index in [0.717, 1.165) is 15.7 Å². The first kappa shape index (κ1) is 15.6. The third-order valence-corrected chi connectivity index (χ3v) is 3.68. The molecule has 0 aliphatic carbocycles. The van der Waals surface area contributed by atoms with Crippen molar-refractivity contribution in [1.82, 2.24) is 0 Å². The second-order valence-electron chi connectivity index (χ2n) is 4.68. The van der Waals surface area contributed by atoms with Gasteiger partial charge in [-0.05, 0) is 49.7 Å². The van der Waals surface area contributed by atoms with Gasteiger partial charge < -0.3 is 10.1 Å². The molecule has 0 saturated heterocycles. The largest absolute Gasteiger partial charge is 0.462 e. The highest BCUT2D eigenvalue weighted by atomic mass is 79.9. The molecular weight excluding hydrogens is 330 g/mol. The van der Waals surface area contributed by atoms with Crippen LogP contribution in [0.4, 0.5) is 5.69 Å². The highest BCUT2D eigenvalue weighted by Crippen LogP contribution is 2.24. The summed E-state index contributed by atoms with van der Waals surface area (Å²) >= 11 is 3.42. The first-order valence-electron chi connectivity index (χ1n) is 6.90. The molecule has 0 spiro atoms. The van der Waals surface area contributed by atoms with Gasteiger partial charge in [0.05, 0.1) is 12.2 Å². The third kappa shape index (κ3) is 4.08. The third-order valence-electron chi connectivity index (χ3n) is 3.15. The Bertz CT molecular complexity index is 610. The van der Waals surface area contributed by atoms with Crippen molar-refractivity contribution in [2.45, 2.75) is 19.9 Å². The highest BCUT2D eigenvalue weighted by molar-refractivity contribution is 9.10. The van der Waals surface area contributed by atoms with Gasteiger partial charge in [0.2, 0.25) is 0 Å². The van der Waals surface area contributed by atoms with Gasteiger partial charge in [0.25, 0.3) is 0 Å². The number of halogens is 1. The summed E-state index contributed by atoms with van der Waals surface area (Å²) in [4.78, 5) is 12.0. The van der Waals surface area contributed by atoms with Crippen molar-refractivity contribution >= 4 is 27.6 Å². The molecule has 0 amide bonds. The Labute approximate surface area is 133 Å². The van der Waals surface area contributed by atoms with Crippen LogP contribution in [0.1, 0.15) is 35.8 Å². The number of nitrogens with one attached hydrogen (secondary N) is 1. The van der Waals surface area contributed by atoms with E-state index in [4.69, 9.17) is 4.74 Å². The van der Waals surface area contributed by atoms with Crippen LogP contribution < -0.4 is 5.32 Å². The van der Waals surface area contributed by atoms with Gasteiger partial charge in [-0.3, -0.25) is 0 Å². The minimum atomic E-state index is -0.280. The quantitative estimate of drug-likeness (QED) is 0.789. The topological polar surface area (TPSA) is 38.3 Å². The average Bonchev–Trinajstić information content (AvgIpc) is 2.50. The molecule has 0 saturated carbocycles. The molecule has 1 unspecified atom stereocenters.